The predicted molar refractivity (Wildman–Crippen MR) is 158 cm³/mol. The van der Waals surface area contributed by atoms with Gasteiger partial charge in [-0.2, -0.15) is 0 Å². The molecular formula is C26H14Br2Cl2CuN4O6. The summed E-state index contributed by atoms with van der Waals surface area (Å²) in [5.41, 5.74) is 1.25. The monoisotopic (exact) mass is 769 g/mol. The zero-order valence-corrected chi connectivity index (χ0v) is 25.8. The van der Waals surface area contributed by atoms with Crippen molar-refractivity contribution in [2.45, 2.75) is 0 Å². The van der Waals surface area contributed by atoms with Gasteiger partial charge in [0.05, 0.1) is 21.2 Å². The van der Waals surface area contributed by atoms with Crippen LogP contribution in [0.15, 0.2) is 91.7 Å². The van der Waals surface area contributed by atoms with Crippen LogP contribution in [0.2, 0.25) is 10.0 Å². The third-order valence-corrected chi connectivity index (χ3v) is 6.48. The van der Waals surface area contributed by atoms with E-state index in [-0.39, 0.29) is 39.9 Å². The van der Waals surface area contributed by atoms with E-state index < -0.39 is 9.85 Å². The molecule has 0 fully saturated rings. The number of nitrogens with zero attached hydrogens (tertiary/aromatic N) is 4. The molecule has 15 heteroatoms. The quantitative estimate of drug-likeness (QED) is 0.0848. The molecule has 0 heterocycles. The molecule has 10 nitrogen and oxygen atoms in total. The molecule has 0 atom stereocenters. The van der Waals surface area contributed by atoms with Crippen molar-refractivity contribution in [3.8, 4) is 11.5 Å². The van der Waals surface area contributed by atoms with E-state index in [2.05, 4.69) is 41.8 Å². The number of nitro benzene ring substituents is 2. The van der Waals surface area contributed by atoms with E-state index in [0.717, 1.165) is 0 Å². The zero-order valence-electron chi connectivity index (χ0n) is 20.1. The third kappa shape index (κ3) is 9.92. The van der Waals surface area contributed by atoms with Crippen molar-refractivity contribution < 1.29 is 37.1 Å². The van der Waals surface area contributed by atoms with Crippen LogP contribution < -0.4 is 10.2 Å². The summed E-state index contributed by atoms with van der Waals surface area (Å²) in [5.74, 6) is -0.493. The van der Waals surface area contributed by atoms with Gasteiger partial charge >= 0.3 is 17.1 Å². The average Bonchev–Trinajstić information content (AvgIpc) is 2.91. The van der Waals surface area contributed by atoms with Gasteiger partial charge in [-0.25, -0.2) is 0 Å². The SMILES string of the molecule is O=[N+]([O-])c1cccc(N=Cc2cc(Cl)cc(Br)c2[O-])c1.O=[N+]([O-])c1cccc(N=Cc2cc(Cl)cc(Br)c2[O-])c1.[Cu+2]. The Morgan fingerprint density at radius 1 is 0.659 bits per heavy atom. The van der Waals surface area contributed by atoms with Gasteiger partial charge in [0, 0.05) is 55.7 Å². The van der Waals surface area contributed by atoms with Gasteiger partial charge in [-0.15, -0.1) is 0 Å². The fraction of sp³-hybridized carbons (Fsp3) is 0. The summed E-state index contributed by atoms with van der Waals surface area (Å²) in [6.45, 7) is 0. The summed E-state index contributed by atoms with van der Waals surface area (Å²) in [7, 11) is 0. The first-order valence-corrected chi connectivity index (χ1v) is 13.2. The Bertz CT molecular complexity index is 1540. The van der Waals surface area contributed by atoms with Crippen molar-refractivity contribution in [3.63, 3.8) is 0 Å². The zero-order chi connectivity index (χ0) is 29.4. The maximum atomic E-state index is 11.8. The van der Waals surface area contributed by atoms with Crippen LogP contribution in [0.5, 0.6) is 11.5 Å². The van der Waals surface area contributed by atoms with E-state index in [0.29, 0.717) is 41.5 Å². The molecule has 0 amide bonds. The van der Waals surface area contributed by atoms with Gasteiger partial charge in [0.1, 0.15) is 0 Å². The minimum absolute atomic E-state index is 0. The molecule has 0 bridgehead atoms. The second kappa shape index (κ2) is 15.6. The van der Waals surface area contributed by atoms with Crippen LogP contribution in [-0.2, 0) is 17.1 Å². The first-order valence-electron chi connectivity index (χ1n) is 10.8. The Labute approximate surface area is 270 Å². The van der Waals surface area contributed by atoms with Crippen LogP contribution in [0.3, 0.4) is 0 Å². The molecule has 0 aliphatic carbocycles. The second-order valence-electron chi connectivity index (χ2n) is 7.68. The topological polar surface area (TPSA) is 157 Å². The summed E-state index contributed by atoms with van der Waals surface area (Å²) in [6.07, 6.45) is 2.66. The number of non-ortho nitro benzene ring substituents is 2. The van der Waals surface area contributed by atoms with E-state index in [1.807, 2.05) is 0 Å². The average molecular weight is 773 g/mol. The summed E-state index contributed by atoms with van der Waals surface area (Å²) in [5, 5.41) is 45.7. The summed E-state index contributed by atoms with van der Waals surface area (Å²) < 4.78 is 0.677. The molecule has 0 aliphatic heterocycles. The van der Waals surface area contributed by atoms with Gasteiger partial charge in [0.2, 0.25) is 0 Å². The fourth-order valence-corrected chi connectivity index (χ4v) is 4.68. The van der Waals surface area contributed by atoms with Crippen molar-refractivity contribution >= 4 is 90.2 Å². The summed E-state index contributed by atoms with van der Waals surface area (Å²) in [4.78, 5) is 28.4. The Kier molecular flexibility index (Phi) is 12.9. The van der Waals surface area contributed by atoms with Gasteiger partial charge in [0.25, 0.3) is 11.4 Å². The van der Waals surface area contributed by atoms with E-state index in [1.54, 1.807) is 12.1 Å². The molecule has 0 unspecified atom stereocenters. The molecule has 41 heavy (non-hydrogen) atoms. The predicted octanol–water partition coefficient (Wildman–Crippen LogP) is 7.67. The molecule has 4 aromatic rings. The molecule has 0 aliphatic rings. The summed E-state index contributed by atoms with van der Waals surface area (Å²) >= 11 is 17.9. The molecule has 213 valence electrons. The molecule has 0 N–H and O–H groups in total. The first-order chi connectivity index (χ1) is 18.9. The fourth-order valence-electron chi connectivity index (χ4n) is 3.01. The number of hydrogen-bond acceptors (Lipinski definition) is 8. The molecule has 4 rings (SSSR count). The van der Waals surface area contributed by atoms with Crippen molar-refractivity contribution in [3.05, 3.63) is 123 Å². The Morgan fingerprint density at radius 2 is 1.02 bits per heavy atom. The number of aliphatic imine (C=N–C) groups is 2. The normalized spacial score (nSPS) is 10.6. The van der Waals surface area contributed by atoms with Crippen LogP contribution in [0.1, 0.15) is 11.1 Å². The van der Waals surface area contributed by atoms with Crippen LogP contribution in [0.25, 0.3) is 0 Å². The van der Waals surface area contributed by atoms with Crippen molar-refractivity contribution in [2.75, 3.05) is 0 Å². The van der Waals surface area contributed by atoms with Crippen LogP contribution in [-0.4, -0.2) is 22.3 Å². The molecule has 0 aromatic heterocycles. The smallest absolute Gasteiger partial charge is 0.871 e. The van der Waals surface area contributed by atoms with E-state index in [4.69, 9.17) is 23.2 Å². The molecule has 0 saturated carbocycles. The molecule has 0 saturated heterocycles. The molecule has 1 radical (unpaired) electrons. The van der Waals surface area contributed by atoms with Crippen molar-refractivity contribution in [2.24, 2.45) is 9.98 Å². The van der Waals surface area contributed by atoms with Gasteiger partial charge in [-0.1, -0.05) is 78.7 Å². The standard InChI is InChI=1S/2C13H8BrClN2O3.Cu/c2*14-12-5-9(15)4-8(13(12)18)7-16-10-2-1-3-11(6-10)17(19)20;/h2*1-7,18H;/q;;+2/p-2. The number of hydrogen-bond donors (Lipinski definition) is 0. The van der Waals surface area contributed by atoms with Crippen molar-refractivity contribution in [1.29, 1.82) is 0 Å². The Balaban J connectivity index is 0.000000280. The molecule has 0 spiro atoms. The maximum Gasteiger partial charge on any atom is 2.00 e. The molecule has 4 aromatic carbocycles. The minimum atomic E-state index is -0.506. The van der Waals surface area contributed by atoms with Crippen LogP contribution >= 0.6 is 55.1 Å². The number of nitro groups is 2. The number of rotatable bonds is 6. The Morgan fingerprint density at radius 3 is 1.37 bits per heavy atom. The maximum absolute atomic E-state index is 11.8. The first kappa shape index (κ1) is 33.9. The van der Waals surface area contributed by atoms with Gasteiger partial charge in [-0.05, 0) is 47.5 Å². The summed E-state index contributed by atoms with van der Waals surface area (Å²) in [6, 6.07) is 17.6. The van der Waals surface area contributed by atoms with E-state index >= 15 is 0 Å². The third-order valence-electron chi connectivity index (χ3n) is 4.86. The number of benzene rings is 4. The van der Waals surface area contributed by atoms with E-state index in [1.165, 1.54) is 73.1 Å². The van der Waals surface area contributed by atoms with Crippen LogP contribution in [0, 0.1) is 20.2 Å². The molecular weight excluding hydrogens is 759 g/mol. The second-order valence-corrected chi connectivity index (χ2v) is 10.3. The minimum Gasteiger partial charge on any atom is -0.871 e. The number of halogens is 4. The van der Waals surface area contributed by atoms with Gasteiger partial charge in [-0.3, -0.25) is 30.2 Å². The van der Waals surface area contributed by atoms with Crippen LogP contribution in [0.4, 0.5) is 22.7 Å². The van der Waals surface area contributed by atoms with Gasteiger partial charge < -0.3 is 10.2 Å². The van der Waals surface area contributed by atoms with Gasteiger partial charge in [0.15, 0.2) is 0 Å². The Hall–Kier alpha value is -3.32. The van der Waals surface area contributed by atoms with E-state index in [9.17, 15) is 30.4 Å². The van der Waals surface area contributed by atoms with Crippen molar-refractivity contribution in [1.82, 2.24) is 0 Å². The largest absolute Gasteiger partial charge is 2.00 e.